The summed E-state index contributed by atoms with van der Waals surface area (Å²) in [5, 5.41) is 1.47. The average Bonchev–Trinajstić information content (AvgIpc) is 3.31. The highest BCUT2D eigenvalue weighted by Crippen LogP contribution is 2.25. The summed E-state index contributed by atoms with van der Waals surface area (Å²) < 4.78 is 0. The first-order chi connectivity index (χ1) is 17.6. The van der Waals surface area contributed by atoms with Gasteiger partial charge in [-0.25, -0.2) is 0 Å². The number of carbonyl (C=O) groups is 2. The molecule has 184 valence electrons. The van der Waals surface area contributed by atoms with E-state index in [1.165, 1.54) is 0 Å². The van der Waals surface area contributed by atoms with Crippen molar-refractivity contribution in [1.82, 2.24) is 19.8 Å². The fraction of sp³-hybridized carbons (Fsp3) is 0.250. The first kappa shape index (κ1) is 24.0. The number of halogens is 1. The third-order valence-corrected chi connectivity index (χ3v) is 6.93. The second kappa shape index (κ2) is 10.9. The topological polar surface area (TPSA) is 72.5 Å². The number of pyridine rings is 1. The Bertz CT molecular complexity index is 1330. The lowest BCUT2D eigenvalue weighted by atomic mass is 10.1. The molecule has 1 fully saturated rings. The molecule has 0 atom stereocenters. The number of benzene rings is 2. The largest absolute Gasteiger partial charge is 0.360 e. The van der Waals surface area contributed by atoms with E-state index >= 15 is 0 Å². The second-order valence-electron chi connectivity index (χ2n) is 8.92. The Hall–Kier alpha value is -3.68. The normalized spacial score (nSPS) is 14.2. The third kappa shape index (κ3) is 5.42. The molecule has 1 saturated heterocycles. The summed E-state index contributed by atoms with van der Waals surface area (Å²) in [6.45, 7) is 3.80. The van der Waals surface area contributed by atoms with Gasteiger partial charge in [0, 0.05) is 79.4 Å². The van der Waals surface area contributed by atoms with E-state index in [2.05, 4.69) is 14.9 Å². The predicted molar refractivity (Wildman–Crippen MR) is 142 cm³/mol. The number of piperazine rings is 1. The Morgan fingerprint density at radius 1 is 0.972 bits per heavy atom. The van der Waals surface area contributed by atoms with E-state index in [9.17, 15) is 9.59 Å². The minimum atomic E-state index is -0.226. The van der Waals surface area contributed by atoms with Crippen molar-refractivity contribution in [2.75, 3.05) is 44.2 Å². The van der Waals surface area contributed by atoms with Crippen LogP contribution in [-0.2, 0) is 11.2 Å². The maximum Gasteiger partial charge on any atom is 0.258 e. The molecule has 0 unspecified atom stereocenters. The number of anilines is 1. The van der Waals surface area contributed by atoms with Crippen LogP contribution in [0.2, 0.25) is 5.02 Å². The van der Waals surface area contributed by atoms with Crippen molar-refractivity contribution in [2.24, 2.45) is 0 Å². The summed E-state index contributed by atoms with van der Waals surface area (Å²) in [5.41, 5.74) is 3.05. The smallest absolute Gasteiger partial charge is 0.258 e. The first-order valence-corrected chi connectivity index (χ1v) is 12.5. The van der Waals surface area contributed by atoms with E-state index < -0.39 is 0 Å². The molecule has 0 spiro atoms. The van der Waals surface area contributed by atoms with Crippen molar-refractivity contribution in [3.8, 4) is 0 Å². The van der Waals surface area contributed by atoms with Crippen molar-refractivity contribution < 1.29 is 9.59 Å². The van der Waals surface area contributed by atoms with Crippen LogP contribution in [0.15, 0.2) is 79.1 Å². The Kier molecular flexibility index (Phi) is 7.30. The highest BCUT2D eigenvalue weighted by atomic mass is 35.5. The number of para-hydroxylation sites is 1. The van der Waals surface area contributed by atoms with E-state index in [0.717, 1.165) is 42.7 Å². The molecular weight excluding hydrogens is 474 g/mol. The van der Waals surface area contributed by atoms with Crippen LogP contribution in [-0.4, -0.2) is 70.9 Å². The standard InChI is InChI=1S/C28H28ClN5O2/c29-25-19-31-26-18-21(9-10-24(25)26)28(36)34(23-7-2-1-3-8-23)20-27(35)33-16-14-32(15-17-33)13-11-22-6-4-5-12-30-22/h1-10,12,18-19,31H,11,13-17,20H2. The number of nitrogens with zero attached hydrogens (tertiary/aromatic N) is 4. The van der Waals surface area contributed by atoms with E-state index in [1.54, 1.807) is 23.2 Å². The second-order valence-corrected chi connectivity index (χ2v) is 9.32. The lowest BCUT2D eigenvalue weighted by molar-refractivity contribution is -0.131. The van der Waals surface area contributed by atoms with Gasteiger partial charge in [-0.1, -0.05) is 41.9 Å². The Balaban J connectivity index is 1.25. The highest BCUT2D eigenvalue weighted by molar-refractivity contribution is 6.35. The maximum atomic E-state index is 13.6. The maximum absolute atomic E-state index is 13.6. The van der Waals surface area contributed by atoms with Crippen LogP contribution in [0.3, 0.4) is 0 Å². The minimum absolute atomic E-state index is 0.0136. The molecule has 0 bridgehead atoms. The molecule has 0 aliphatic carbocycles. The molecule has 3 heterocycles. The van der Waals surface area contributed by atoms with Gasteiger partial charge in [0.1, 0.15) is 6.54 Å². The quantitative estimate of drug-likeness (QED) is 0.411. The van der Waals surface area contributed by atoms with Gasteiger partial charge >= 0.3 is 0 Å². The van der Waals surface area contributed by atoms with Crippen LogP contribution >= 0.6 is 11.6 Å². The number of aromatic amines is 1. The molecule has 1 aliphatic rings. The molecular formula is C28H28ClN5O2. The molecule has 8 heteroatoms. The van der Waals surface area contributed by atoms with Gasteiger partial charge in [0.05, 0.1) is 5.02 Å². The van der Waals surface area contributed by atoms with Gasteiger partial charge in [-0.15, -0.1) is 0 Å². The molecule has 0 radical (unpaired) electrons. The number of carbonyl (C=O) groups excluding carboxylic acids is 2. The van der Waals surface area contributed by atoms with Crippen LogP contribution in [0, 0.1) is 0 Å². The van der Waals surface area contributed by atoms with Crippen molar-refractivity contribution >= 4 is 40.0 Å². The molecule has 1 aliphatic heterocycles. The molecule has 7 nitrogen and oxygen atoms in total. The first-order valence-electron chi connectivity index (χ1n) is 12.1. The van der Waals surface area contributed by atoms with E-state index in [1.807, 2.05) is 65.7 Å². The lowest BCUT2D eigenvalue weighted by Crippen LogP contribution is -2.52. The van der Waals surface area contributed by atoms with Gasteiger partial charge in [-0.3, -0.25) is 24.4 Å². The Labute approximate surface area is 215 Å². The average molecular weight is 502 g/mol. The summed E-state index contributed by atoms with van der Waals surface area (Å²) in [6, 6.07) is 20.7. The van der Waals surface area contributed by atoms with E-state index in [0.29, 0.717) is 29.4 Å². The van der Waals surface area contributed by atoms with Gasteiger partial charge in [0.2, 0.25) is 5.91 Å². The van der Waals surface area contributed by atoms with E-state index in [4.69, 9.17) is 11.6 Å². The number of amides is 2. The third-order valence-electron chi connectivity index (χ3n) is 6.62. The predicted octanol–water partition coefficient (Wildman–Crippen LogP) is 4.25. The number of hydrogen-bond acceptors (Lipinski definition) is 4. The van der Waals surface area contributed by atoms with Crippen LogP contribution in [0.4, 0.5) is 5.69 Å². The Morgan fingerprint density at radius 3 is 2.50 bits per heavy atom. The summed E-state index contributed by atoms with van der Waals surface area (Å²) in [4.78, 5) is 40.1. The molecule has 1 N–H and O–H groups in total. The number of aromatic nitrogens is 2. The number of H-pyrrole nitrogens is 1. The van der Waals surface area contributed by atoms with Crippen LogP contribution in [0.25, 0.3) is 10.9 Å². The minimum Gasteiger partial charge on any atom is -0.360 e. The number of hydrogen-bond donors (Lipinski definition) is 1. The monoisotopic (exact) mass is 501 g/mol. The van der Waals surface area contributed by atoms with Crippen LogP contribution in [0.1, 0.15) is 16.1 Å². The molecule has 2 aromatic carbocycles. The van der Waals surface area contributed by atoms with E-state index in [-0.39, 0.29) is 18.4 Å². The fourth-order valence-electron chi connectivity index (χ4n) is 4.54. The number of rotatable bonds is 7. The molecule has 5 rings (SSSR count). The van der Waals surface area contributed by atoms with Crippen LogP contribution < -0.4 is 4.90 Å². The van der Waals surface area contributed by atoms with Crippen molar-refractivity contribution in [2.45, 2.75) is 6.42 Å². The van der Waals surface area contributed by atoms with Gasteiger partial charge in [0.25, 0.3) is 5.91 Å². The SMILES string of the molecule is O=C(CN(C(=O)c1ccc2c(Cl)c[nH]c2c1)c1ccccc1)N1CCN(CCc2ccccn2)CC1. The van der Waals surface area contributed by atoms with Crippen molar-refractivity contribution in [3.63, 3.8) is 0 Å². The summed E-state index contributed by atoms with van der Waals surface area (Å²) in [5.74, 6) is -0.281. The summed E-state index contributed by atoms with van der Waals surface area (Å²) >= 11 is 6.20. The zero-order valence-corrected chi connectivity index (χ0v) is 20.7. The van der Waals surface area contributed by atoms with Gasteiger partial charge < -0.3 is 9.88 Å². The Morgan fingerprint density at radius 2 is 1.75 bits per heavy atom. The zero-order chi connectivity index (χ0) is 24.9. The molecule has 4 aromatic rings. The van der Waals surface area contributed by atoms with Gasteiger partial charge in [-0.2, -0.15) is 0 Å². The summed E-state index contributed by atoms with van der Waals surface area (Å²) in [6.07, 6.45) is 4.41. The van der Waals surface area contributed by atoms with Gasteiger partial charge in [-0.05, 0) is 36.4 Å². The molecule has 36 heavy (non-hydrogen) atoms. The fourth-order valence-corrected chi connectivity index (χ4v) is 4.76. The van der Waals surface area contributed by atoms with Crippen molar-refractivity contribution in [3.05, 3.63) is 95.4 Å². The molecule has 2 aromatic heterocycles. The van der Waals surface area contributed by atoms with Crippen molar-refractivity contribution in [1.29, 1.82) is 0 Å². The van der Waals surface area contributed by atoms with Crippen LogP contribution in [0.5, 0.6) is 0 Å². The lowest BCUT2D eigenvalue weighted by Gasteiger charge is -2.35. The zero-order valence-electron chi connectivity index (χ0n) is 19.9. The highest BCUT2D eigenvalue weighted by Gasteiger charge is 2.26. The summed E-state index contributed by atoms with van der Waals surface area (Å²) in [7, 11) is 0. The molecule has 0 saturated carbocycles. The number of nitrogens with one attached hydrogen (secondary N) is 1. The number of fused-ring (bicyclic) bond motifs is 1. The van der Waals surface area contributed by atoms with Gasteiger partial charge in [0.15, 0.2) is 0 Å². The molecule has 2 amide bonds.